The summed E-state index contributed by atoms with van der Waals surface area (Å²) in [4.78, 5) is 36.9. The van der Waals surface area contributed by atoms with Gasteiger partial charge in [-0.15, -0.1) is 0 Å². The highest BCUT2D eigenvalue weighted by atomic mass is 35.5. The quantitative estimate of drug-likeness (QED) is 0.649. The van der Waals surface area contributed by atoms with E-state index < -0.39 is 11.9 Å². The van der Waals surface area contributed by atoms with Crippen molar-refractivity contribution in [2.24, 2.45) is 0 Å². The molecule has 0 fully saturated rings. The number of benzene rings is 2. The Morgan fingerprint density at radius 3 is 2.43 bits per heavy atom. The summed E-state index contributed by atoms with van der Waals surface area (Å²) in [6.45, 7) is -0.194. The Morgan fingerprint density at radius 1 is 1.11 bits per heavy atom. The Hall–Kier alpha value is -2.90. The molecule has 0 aliphatic rings. The van der Waals surface area contributed by atoms with Crippen molar-refractivity contribution < 1.29 is 9.59 Å². The van der Waals surface area contributed by atoms with Gasteiger partial charge in [-0.1, -0.05) is 65.4 Å². The molecule has 0 saturated carbocycles. The fraction of sp³-hybridized carbons (Fsp3) is 0.150. The highest BCUT2D eigenvalue weighted by Gasteiger charge is 2.22. The Kier molecular flexibility index (Phi) is 6.28. The second kappa shape index (κ2) is 8.86. The zero-order valence-electron chi connectivity index (χ0n) is 15.0. The molecule has 0 aliphatic carbocycles. The average molecular weight is 416 g/mol. The predicted molar refractivity (Wildman–Crippen MR) is 110 cm³/mol. The Balaban J connectivity index is 1.83. The van der Waals surface area contributed by atoms with E-state index in [9.17, 15) is 14.4 Å². The second-order valence-electron chi connectivity index (χ2n) is 6.01. The number of carbonyl (C=O) groups excluding carboxylic acids is 2. The van der Waals surface area contributed by atoms with Gasteiger partial charge in [-0.2, -0.15) is 0 Å². The van der Waals surface area contributed by atoms with E-state index in [4.69, 9.17) is 11.6 Å². The van der Waals surface area contributed by atoms with E-state index in [0.29, 0.717) is 16.3 Å². The van der Waals surface area contributed by atoms with Crippen LogP contribution in [0, 0.1) is 0 Å². The molecule has 0 bridgehead atoms. The minimum absolute atomic E-state index is 0.194. The van der Waals surface area contributed by atoms with Gasteiger partial charge in [0.15, 0.2) is 0 Å². The molecule has 28 heavy (non-hydrogen) atoms. The van der Waals surface area contributed by atoms with Crippen molar-refractivity contribution >= 4 is 34.8 Å². The van der Waals surface area contributed by atoms with Crippen molar-refractivity contribution in [3.63, 3.8) is 0 Å². The summed E-state index contributed by atoms with van der Waals surface area (Å²) in [6, 6.07) is 15.1. The van der Waals surface area contributed by atoms with E-state index in [1.165, 1.54) is 11.6 Å². The van der Waals surface area contributed by atoms with E-state index in [-0.39, 0.29) is 17.3 Å². The molecule has 0 aliphatic heterocycles. The SMILES string of the molecule is CNC(=O)[C@H](NC(=O)Cn1c(-c2ccc(Cl)cc2)csc1=O)c1ccccc1. The Labute approximate surface area is 170 Å². The first kappa shape index (κ1) is 19.9. The maximum absolute atomic E-state index is 12.6. The number of nitrogens with one attached hydrogen (secondary N) is 2. The number of halogens is 1. The van der Waals surface area contributed by atoms with E-state index in [2.05, 4.69) is 10.6 Å². The van der Waals surface area contributed by atoms with E-state index in [0.717, 1.165) is 16.9 Å². The first-order valence-corrected chi connectivity index (χ1v) is 9.75. The van der Waals surface area contributed by atoms with Crippen molar-refractivity contribution in [2.45, 2.75) is 12.6 Å². The highest BCUT2D eigenvalue weighted by Crippen LogP contribution is 2.22. The number of hydrogen-bond donors (Lipinski definition) is 2. The molecule has 1 atom stereocenters. The lowest BCUT2D eigenvalue weighted by Gasteiger charge is -2.18. The molecule has 1 heterocycles. The first-order valence-electron chi connectivity index (χ1n) is 8.49. The summed E-state index contributed by atoms with van der Waals surface area (Å²) >= 11 is 6.93. The monoisotopic (exact) mass is 415 g/mol. The zero-order valence-corrected chi connectivity index (χ0v) is 16.6. The summed E-state index contributed by atoms with van der Waals surface area (Å²) in [5.74, 6) is -0.775. The summed E-state index contributed by atoms with van der Waals surface area (Å²) in [5.41, 5.74) is 2.06. The number of amides is 2. The van der Waals surface area contributed by atoms with Crippen LogP contribution in [-0.4, -0.2) is 23.4 Å². The van der Waals surface area contributed by atoms with Crippen molar-refractivity contribution in [2.75, 3.05) is 7.05 Å². The van der Waals surface area contributed by atoms with Gasteiger partial charge < -0.3 is 10.6 Å². The summed E-state index contributed by atoms with van der Waals surface area (Å²) < 4.78 is 1.38. The van der Waals surface area contributed by atoms with Crippen LogP contribution < -0.4 is 15.5 Å². The average Bonchev–Trinajstić information content (AvgIpc) is 3.07. The molecule has 3 rings (SSSR count). The molecule has 6 nitrogen and oxygen atoms in total. The van der Waals surface area contributed by atoms with E-state index in [1.807, 2.05) is 6.07 Å². The van der Waals surface area contributed by atoms with Gasteiger partial charge in [-0.25, -0.2) is 0 Å². The lowest BCUT2D eigenvalue weighted by atomic mass is 10.1. The largest absolute Gasteiger partial charge is 0.357 e. The van der Waals surface area contributed by atoms with Crippen LogP contribution in [0.15, 0.2) is 64.8 Å². The van der Waals surface area contributed by atoms with Crippen LogP contribution in [0.4, 0.5) is 0 Å². The molecular weight excluding hydrogens is 398 g/mol. The lowest BCUT2D eigenvalue weighted by molar-refractivity contribution is -0.129. The number of aromatic nitrogens is 1. The van der Waals surface area contributed by atoms with Gasteiger partial charge >= 0.3 is 4.87 Å². The van der Waals surface area contributed by atoms with Gasteiger partial charge in [-0.05, 0) is 23.3 Å². The molecule has 0 unspecified atom stereocenters. The second-order valence-corrected chi connectivity index (χ2v) is 7.26. The molecule has 2 N–H and O–H groups in total. The van der Waals surface area contributed by atoms with Crippen molar-refractivity contribution in [3.05, 3.63) is 80.2 Å². The summed E-state index contributed by atoms with van der Waals surface area (Å²) in [5, 5.41) is 7.54. The molecule has 2 amide bonds. The van der Waals surface area contributed by atoms with Crippen molar-refractivity contribution in [1.29, 1.82) is 0 Å². The minimum Gasteiger partial charge on any atom is -0.357 e. The van der Waals surface area contributed by atoms with Gasteiger partial charge in [0.25, 0.3) is 0 Å². The smallest absolute Gasteiger partial charge is 0.308 e. The molecular formula is C20H18ClN3O3S. The number of likely N-dealkylation sites (N-methyl/N-ethyl adjacent to an activating group) is 1. The fourth-order valence-corrected chi connectivity index (χ4v) is 3.66. The van der Waals surface area contributed by atoms with Crippen LogP contribution in [0.2, 0.25) is 5.02 Å². The molecule has 3 aromatic rings. The van der Waals surface area contributed by atoms with Crippen LogP contribution in [-0.2, 0) is 16.1 Å². The minimum atomic E-state index is -0.841. The first-order chi connectivity index (χ1) is 13.5. The number of nitrogens with zero attached hydrogens (tertiary/aromatic N) is 1. The van der Waals surface area contributed by atoms with Crippen LogP contribution >= 0.6 is 22.9 Å². The number of thiazole rings is 1. The maximum atomic E-state index is 12.6. The number of rotatable bonds is 6. The van der Waals surface area contributed by atoms with E-state index in [1.54, 1.807) is 53.9 Å². The topological polar surface area (TPSA) is 80.2 Å². The lowest BCUT2D eigenvalue weighted by Crippen LogP contribution is -2.41. The zero-order chi connectivity index (χ0) is 20.1. The summed E-state index contributed by atoms with van der Waals surface area (Å²) in [7, 11) is 1.51. The standard InChI is InChI=1S/C20H18ClN3O3S/c1-22-19(26)18(14-5-3-2-4-6-14)23-17(25)11-24-16(12-28-20(24)27)13-7-9-15(21)10-8-13/h2-10,12,18H,11H2,1H3,(H,22,26)(H,23,25)/t18-/m1/s1. The molecule has 0 radical (unpaired) electrons. The van der Waals surface area contributed by atoms with Gasteiger partial charge in [0.2, 0.25) is 11.8 Å². The van der Waals surface area contributed by atoms with Crippen molar-refractivity contribution in [3.8, 4) is 11.3 Å². The van der Waals surface area contributed by atoms with E-state index >= 15 is 0 Å². The normalized spacial score (nSPS) is 11.6. The molecule has 0 saturated heterocycles. The van der Waals surface area contributed by atoms with Crippen LogP contribution in [0.3, 0.4) is 0 Å². The van der Waals surface area contributed by atoms with Gasteiger partial charge in [-0.3, -0.25) is 19.0 Å². The van der Waals surface area contributed by atoms with Crippen molar-refractivity contribution in [1.82, 2.24) is 15.2 Å². The van der Waals surface area contributed by atoms with Crippen LogP contribution in [0.25, 0.3) is 11.3 Å². The summed E-state index contributed by atoms with van der Waals surface area (Å²) in [6.07, 6.45) is 0. The third kappa shape index (κ3) is 4.49. The molecule has 0 spiro atoms. The Morgan fingerprint density at radius 2 is 1.79 bits per heavy atom. The fourth-order valence-electron chi connectivity index (χ4n) is 2.77. The van der Waals surface area contributed by atoms with Crippen LogP contribution in [0.1, 0.15) is 11.6 Å². The van der Waals surface area contributed by atoms with Gasteiger partial charge in [0, 0.05) is 17.5 Å². The van der Waals surface area contributed by atoms with Gasteiger partial charge in [0.1, 0.15) is 12.6 Å². The number of hydrogen-bond acceptors (Lipinski definition) is 4. The predicted octanol–water partition coefficient (Wildman–Crippen LogP) is 2.83. The third-order valence-corrected chi connectivity index (χ3v) is 5.19. The highest BCUT2D eigenvalue weighted by molar-refractivity contribution is 7.07. The molecule has 2 aromatic carbocycles. The Bertz CT molecular complexity index is 1030. The third-order valence-electron chi connectivity index (χ3n) is 4.17. The molecule has 8 heteroatoms. The van der Waals surface area contributed by atoms with Gasteiger partial charge in [0.05, 0.1) is 5.69 Å². The molecule has 1 aromatic heterocycles. The molecule has 144 valence electrons. The number of carbonyl (C=O) groups is 2. The van der Waals surface area contributed by atoms with Crippen LogP contribution in [0.5, 0.6) is 0 Å². The maximum Gasteiger partial charge on any atom is 0.308 e.